The molecule has 0 fully saturated rings. The number of thiazole rings is 1. The summed E-state index contributed by atoms with van der Waals surface area (Å²) in [6.45, 7) is 2.13. The summed E-state index contributed by atoms with van der Waals surface area (Å²) in [5, 5.41) is 0. The summed E-state index contributed by atoms with van der Waals surface area (Å²) in [6.07, 6.45) is 1.08. The van der Waals surface area contributed by atoms with E-state index in [4.69, 9.17) is 0 Å². The molecule has 0 spiro atoms. The number of fused-ring (bicyclic) bond motifs is 3. The smallest absolute Gasteiger partial charge is 0.154 e. The molecule has 0 aliphatic heterocycles. The predicted molar refractivity (Wildman–Crippen MR) is 67.8 cm³/mol. The molecule has 0 saturated carbocycles. The van der Waals surface area contributed by atoms with Gasteiger partial charge in [-0.1, -0.05) is 17.7 Å². The molecule has 0 atom stereocenters. The van der Waals surface area contributed by atoms with Crippen LogP contribution in [0, 0.1) is 9.94 Å². The van der Waals surface area contributed by atoms with Gasteiger partial charge in [-0.05, 0) is 41.1 Å². The van der Waals surface area contributed by atoms with Crippen LogP contribution in [0.15, 0.2) is 18.2 Å². The molecular weight excluding hydrogens is 305 g/mol. The number of aromatic nitrogens is 1. The van der Waals surface area contributed by atoms with Crippen molar-refractivity contribution in [2.45, 2.75) is 13.3 Å². The van der Waals surface area contributed by atoms with Gasteiger partial charge in [-0.2, -0.15) is 0 Å². The molecule has 1 aromatic carbocycles. The second-order valence-corrected chi connectivity index (χ2v) is 6.41. The Bertz CT molecular complexity index is 516. The van der Waals surface area contributed by atoms with E-state index in [0.29, 0.717) is 0 Å². The Balaban J connectivity index is 2.28. The van der Waals surface area contributed by atoms with Crippen LogP contribution in [0.4, 0.5) is 0 Å². The van der Waals surface area contributed by atoms with E-state index in [9.17, 15) is 0 Å². The second-order valence-electron chi connectivity index (χ2n) is 3.58. The number of benzene rings is 1. The maximum Gasteiger partial charge on any atom is 0.154 e. The first-order valence-electron chi connectivity index (χ1n) is 4.49. The van der Waals surface area contributed by atoms with Crippen molar-refractivity contribution in [3.8, 4) is 11.3 Å². The molecule has 0 bridgehead atoms. The Morgan fingerprint density at radius 2 is 2.29 bits per heavy atom. The minimum atomic E-state index is 1.08. The summed E-state index contributed by atoms with van der Waals surface area (Å²) in [5.41, 5.74) is 5.32. The van der Waals surface area contributed by atoms with E-state index in [-0.39, 0.29) is 0 Å². The third-order valence-electron chi connectivity index (χ3n) is 2.54. The van der Waals surface area contributed by atoms with Gasteiger partial charge in [0.2, 0.25) is 0 Å². The van der Waals surface area contributed by atoms with Gasteiger partial charge in [-0.15, -0.1) is 11.3 Å². The summed E-state index contributed by atoms with van der Waals surface area (Å²) in [7, 11) is 0. The molecule has 1 aromatic heterocycles. The molecule has 1 nitrogen and oxygen atoms in total. The molecule has 1 aliphatic rings. The Morgan fingerprint density at radius 1 is 1.43 bits per heavy atom. The molecule has 3 heteroatoms. The first-order valence-corrected chi connectivity index (χ1v) is 6.38. The molecule has 0 N–H and O–H groups in total. The molecule has 0 unspecified atom stereocenters. The van der Waals surface area contributed by atoms with Crippen molar-refractivity contribution in [2.24, 2.45) is 0 Å². The number of hydrogen-bond donors (Lipinski definition) is 0. The average Bonchev–Trinajstić information content (AvgIpc) is 2.62. The van der Waals surface area contributed by atoms with Gasteiger partial charge in [-0.25, -0.2) is 4.98 Å². The van der Waals surface area contributed by atoms with Crippen molar-refractivity contribution < 1.29 is 0 Å². The third-order valence-corrected chi connectivity index (χ3v) is 4.29. The second kappa shape index (κ2) is 3.03. The fourth-order valence-electron chi connectivity index (χ4n) is 1.89. The molecule has 2 aromatic rings. The normalized spacial score (nSPS) is 12.7. The van der Waals surface area contributed by atoms with E-state index in [2.05, 4.69) is 52.7 Å². The van der Waals surface area contributed by atoms with Gasteiger partial charge in [-0.3, -0.25) is 0 Å². The lowest BCUT2D eigenvalue weighted by Gasteiger charge is -1.99. The van der Waals surface area contributed by atoms with E-state index in [1.807, 2.05) is 11.3 Å². The molecular formula is C11H8INS. The van der Waals surface area contributed by atoms with E-state index in [1.54, 1.807) is 0 Å². The SMILES string of the molecule is Cc1ccc2c(c1)-c1nc(I)sc1C2. The Hall–Kier alpha value is -0.420. The number of nitrogens with zero attached hydrogens (tertiary/aromatic N) is 1. The maximum atomic E-state index is 4.58. The first-order chi connectivity index (χ1) is 6.74. The summed E-state index contributed by atoms with van der Waals surface area (Å²) < 4.78 is 1.15. The van der Waals surface area contributed by atoms with Crippen LogP contribution in [0.2, 0.25) is 0 Å². The van der Waals surface area contributed by atoms with Crippen LogP contribution in [-0.2, 0) is 6.42 Å². The van der Waals surface area contributed by atoms with Gasteiger partial charge in [0.25, 0.3) is 0 Å². The van der Waals surface area contributed by atoms with Crippen molar-refractivity contribution in [1.29, 1.82) is 0 Å². The Kier molecular flexibility index (Phi) is 1.92. The van der Waals surface area contributed by atoms with Crippen molar-refractivity contribution in [3.05, 3.63) is 37.2 Å². The minimum Gasteiger partial charge on any atom is -0.230 e. The molecule has 0 amide bonds. The zero-order valence-corrected chi connectivity index (χ0v) is 10.6. The van der Waals surface area contributed by atoms with Crippen LogP contribution in [0.25, 0.3) is 11.3 Å². The number of aryl methyl sites for hydroxylation is 1. The lowest BCUT2D eigenvalue weighted by Crippen LogP contribution is -1.82. The van der Waals surface area contributed by atoms with Crippen LogP contribution < -0.4 is 0 Å². The fourth-order valence-corrected chi connectivity index (χ4v) is 3.75. The van der Waals surface area contributed by atoms with E-state index in [0.717, 1.165) is 9.44 Å². The zero-order valence-electron chi connectivity index (χ0n) is 7.67. The molecule has 3 rings (SSSR count). The number of hydrogen-bond acceptors (Lipinski definition) is 2. The summed E-state index contributed by atoms with van der Waals surface area (Å²) in [5.74, 6) is 0. The Morgan fingerprint density at radius 3 is 3.14 bits per heavy atom. The van der Waals surface area contributed by atoms with Crippen molar-refractivity contribution in [2.75, 3.05) is 0 Å². The van der Waals surface area contributed by atoms with E-state index >= 15 is 0 Å². The van der Waals surface area contributed by atoms with E-state index in [1.165, 1.54) is 27.3 Å². The van der Waals surface area contributed by atoms with Crippen LogP contribution in [0.1, 0.15) is 16.0 Å². The predicted octanol–water partition coefficient (Wildman–Crippen LogP) is 3.63. The molecule has 1 aliphatic carbocycles. The first kappa shape index (κ1) is 8.85. The summed E-state index contributed by atoms with van der Waals surface area (Å²) >= 11 is 4.11. The quantitative estimate of drug-likeness (QED) is 0.578. The van der Waals surface area contributed by atoms with Gasteiger partial charge in [0.1, 0.15) is 0 Å². The highest BCUT2D eigenvalue weighted by Gasteiger charge is 2.22. The lowest BCUT2D eigenvalue weighted by atomic mass is 10.1. The average molecular weight is 313 g/mol. The van der Waals surface area contributed by atoms with Gasteiger partial charge < -0.3 is 0 Å². The number of halogens is 1. The summed E-state index contributed by atoms with van der Waals surface area (Å²) in [4.78, 5) is 6.00. The molecule has 0 radical (unpaired) electrons. The number of rotatable bonds is 0. The van der Waals surface area contributed by atoms with Crippen LogP contribution >= 0.6 is 33.9 Å². The topological polar surface area (TPSA) is 12.9 Å². The monoisotopic (exact) mass is 313 g/mol. The molecule has 14 heavy (non-hydrogen) atoms. The van der Waals surface area contributed by atoms with Crippen LogP contribution in [-0.4, -0.2) is 4.98 Å². The van der Waals surface area contributed by atoms with Gasteiger partial charge in [0.05, 0.1) is 5.69 Å². The highest BCUT2D eigenvalue weighted by atomic mass is 127. The standard InChI is InChI=1S/C11H8INS/c1-6-2-3-7-5-9-10(8(7)4-6)13-11(12)14-9/h2-4H,5H2,1H3. The van der Waals surface area contributed by atoms with Gasteiger partial charge in [0, 0.05) is 16.9 Å². The molecule has 70 valence electrons. The zero-order chi connectivity index (χ0) is 9.71. The maximum absolute atomic E-state index is 4.58. The Labute approximate surface area is 100 Å². The van der Waals surface area contributed by atoms with Crippen LogP contribution in [0.5, 0.6) is 0 Å². The van der Waals surface area contributed by atoms with Crippen LogP contribution in [0.3, 0.4) is 0 Å². The molecule has 0 saturated heterocycles. The van der Waals surface area contributed by atoms with Crippen molar-refractivity contribution in [3.63, 3.8) is 0 Å². The van der Waals surface area contributed by atoms with Gasteiger partial charge >= 0.3 is 0 Å². The summed E-state index contributed by atoms with van der Waals surface area (Å²) in [6, 6.07) is 6.66. The van der Waals surface area contributed by atoms with Crippen molar-refractivity contribution >= 4 is 33.9 Å². The molecule has 1 heterocycles. The van der Waals surface area contributed by atoms with Crippen molar-refractivity contribution in [1.82, 2.24) is 4.98 Å². The van der Waals surface area contributed by atoms with E-state index < -0.39 is 0 Å². The highest BCUT2D eigenvalue weighted by molar-refractivity contribution is 14.1. The fraction of sp³-hybridized carbons (Fsp3) is 0.182. The lowest BCUT2D eigenvalue weighted by molar-refractivity contribution is 1.30. The highest BCUT2D eigenvalue weighted by Crippen LogP contribution is 2.39. The van der Waals surface area contributed by atoms with Gasteiger partial charge in [0.15, 0.2) is 3.01 Å². The largest absolute Gasteiger partial charge is 0.230 e. The minimum absolute atomic E-state index is 1.08. The third kappa shape index (κ3) is 1.22.